The van der Waals surface area contributed by atoms with Gasteiger partial charge in [0, 0.05) is 12.0 Å². The van der Waals surface area contributed by atoms with Crippen LogP contribution in [0, 0.1) is 0 Å². The average Bonchev–Trinajstić information content (AvgIpc) is 2.27. The molecule has 90 valence electrons. The first-order valence-electron chi connectivity index (χ1n) is 4.78. The summed E-state index contributed by atoms with van der Waals surface area (Å²) in [6, 6.07) is 6.29. The van der Waals surface area contributed by atoms with E-state index in [0.717, 1.165) is 0 Å². The number of aliphatic hydroxyl groups is 1. The summed E-state index contributed by atoms with van der Waals surface area (Å²) < 4.78 is 22.8. The number of hydrogen-bond donors (Lipinski definition) is 3. The standard InChI is InChI=1S/C10H16N2O3S/c1-10(6-11,7-13)8-4-2-3-5-9(8)16(12,14)15/h2-5,13H,6-7,11H2,1H3,(H2,12,14,15). The van der Waals surface area contributed by atoms with E-state index in [-0.39, 0.29) is 18.0 Å². The van der Waals surface area contributed by atoms with Gasteiger partial charge in [0.2, 0.25) is 10.0 Å². The molecule has 1 aromatic rings. The van der Waals surface area contributed by atoms with Gasteiger partial charge in [-0.15, -0.1) is 0 Å². The fourth-order valence-electron chi connectivity index (χ4n) is 1.47. The third-order valence-electron chi connectivity index (χ3n) is 2.64. The molecule has 0 fully saturated rings. The Morgan fingerprint density at radius 3 is 2.38 bits per heavy atom. The number of hydrogen-bond acceptors (Lipinski definition) is 4. The third-order valence-corrected chi connectivity index (χ3v) is 3.61. The first-order chi connectivity index (χ1) is 7.35. The van der Waals surface area contributed by atoms with Crippen molar-refractivity contribution in [2.75, 3.05) is 13.2 Å². The fraction of sp³-hybridized carbons (Fsp3) is 0.400. The van der Waals surface area contributed by atoms with Gasteiger partial charge in [0.05, 0.1) is 11.5 Å². The molecule has 0 aliphatic heterocycles. The molecular formula is C10H16N2O3S. The van der Waals surface area contributed by atoms with Gasteiger partial charge in [0.25, 0.3) is 0 Å². The summed E-state index contributed by atoms with van der Waals surface area (Å²) >= 11 is 0. The number of aliphatic hydroxyl groups excluding tert-OH is 1. The van der Waals surface area contributed by atoms with Crippen LogP contribution in [0.15, 0.2) is 29.2 Å². The lowest BCUT2D eigenvalue weighted by Gasteiger charge is -2.27. The summed E-state index contributed by atoms with van der Waals surface area (Å²) in [6.07, 6.45) is 0. The molecule has 1 atom stereocenters. The van der Waals surface area contributed by atoms with E-state index in [1.807, 2.05) is 0 Å². The summed E-state index contributed by atoms with van der Waals surface area (Å²) in [5.41, 5.74) is 5.21. The van der Waals surface area contributed by atoms with E-state index >= 15 is 0 Å². The highest BCUT2D eigenvalue weighted by Gasteiger charge is 2.29. The number of benzene rings is 1. The summed E-state index contributed by atoms with van der Waals surface area (Å²) in [6.45, 7) is 1.59. The number of rotatable bonds is 4. The van der Waals surface area contributed by atoms with Crippen molar-refractivity contribution in [3.63, 3.8) is 0 Å². The molecule has 0 bridgehead atoms. The third kappa shape index (κ3) is 2.41. The molecule has 1 aromatic carbocycles. The Hall–Kier alpha value is -0.950. The van der Waals surface area contributed by atoms with Gasteiger partial charge >= 0.3 is 0 Å². The molecule has 1 rings (SSSR count). The van der Waals surface area contributed by atoms with E-state index in [0.29, 0.717) is 5.56 Å². The Labute approximate surface area is 95.1 Å². The molecule has 0 aliphatic rings. The molecule has 0 saturated carbocycles. The molecule has 0 amide bonds. The molecule has 0 saturated heterocycles. The van der Waals surface area contributed by atoms with E-state index < -0.39 is 15.4 Å². The van der Waals surface area contributed by atoms with Crippen LogP contribution in [0.25, 0.3) is 0 Å². The van der Waals surface area contributed by atoms with Crippen molar-refractivity contribution in [1.82, 2.24) is 0 Å². The second-order valence-electron chi connectivity index (χ2n) is 3.96. The second-order valence-corrected chi connectivity index (χ2v) is 5.49. The molecule has 0 aliphatic carbocycles. The van der Waals surface area contributed by atoms with Crippen LogP contribution in [0.1, 0.15) is 12.5 Å². The smallest absolute Gasteiger partial charge is 0.238 e. The second kappa shape index (κ2) is 4.50. The lowest BCUT2D eigenvalue weighted by atomic mass is 9.83. The molecule has 6 heteroatoms. The Kier molecular flexibility index (Phi) is 3.69. The van der Waals surface area contributed by atoms with Crippen LogP contribution in [-0.4, -0.2) is 26.7 Å². The predicted octanol–water partition coefficient (Wildman–Crippen LogP) is -0.457. The van der Waals surface area contributed by atoms with Crippen LogP contribution >= 0.6 is 0 Å². The van der Waals surface area contributed by atoms with Crippen molar-refractivity contribution in [3.8, 4) is 0 Å². The van der Waals surface area contributed by atoms with E-state index in [9.17, 15) is 13.5 Å². The zero-order chi connectivity index (χ0) is 12.4. The Bertz CT molecular complexity index is 467. The lowest BCUT2D eigenvalue weighted by molar-refractivity contribution is 0.208. The van der Waals surface area contributed by atoms with Gasteiger partial charge in [-0.2, -0.15) is 0 Å². The first kappa shape index (κ1) is 13.1. The van der Waals surface area contributed by atoms with Crippen molar-refractivity contribution < 1.29 is 13.5 Å². The van der Waals surface area contributed by atoms with Crippen LogP contribution in [0.4, 0.5) is 0 Å². The molecule has 0 spiro atoms. The summed E-state index contributed by atoms with van der Waals surface area (Å²) in [5, 5.41) is 14.4. The maximum absolute atomic E-state index is 11.4. The summed E-state index contributed by atoms with van der Waals surface area (Å²) in [5.74, 6) is 0. The highest BCUT2D eigenvalue weighted by molar-refractivity contribution is 7.89. The maximum Gasteiger partial charge on any atom is 0.238 e. The van der Waals surface area contributed by atoms with Gasteiger partial charge in [0.1, 0.15) is 0 Å². The van der Waals surface area contributed by atoms with Crippen molar-refractivity contribution in [3.05, 3.63) is 29.8 Å². The molecular weight excluding hydrogens is 228 g/mol. The van der Waals surface area contributed by atoms with Crippen molar-refractivity contribution in [2.24, 2.45) is 10.9 Å². The Morgan fingerprint density at radius 1 is 1.38 bits per heavy atom. The molecule has 5 N–H and O–H groups in total. The molecule has 16 heavy (non-hydrogen) atoms. The minimum absolute atomic E-state index is 0.0111. The van der Waals surface area contributed by atoms with E-state index in [2.05, 4.69) is 0 Å². The maximum atomic E-state index is 11.4. The highest BCUT2D eigenvalue weighted by atomic mass is 32.2. The molecule has 1 unspecified atom stereocenters. The number of sulfonamides is 1. The largest absolute Gasteiger partial charge is 0.395 e. The Morgan fingerprint density at radius 2 is 1.94 bits per heavy atom. The van der Waals surface area contributed by atoms with E-state index in [1.165, 1.54) is 6.07 Å². The quantitative estimate of drug-likeness (QED) is 0.666. The molecule has 5 nitrogen and oxygen atoms in total. The van der Waals surface area contributed by atoms with Gasteiger partial charge in [-0.05, 0) is 11.6 Å². The molecule has 0 radical (unpaired) electrons. The van der Waals surface area contributed by atoms with Crippen LogP contribution in [0.3, 0.4) is 0 Å². The van der Waals surface area contributed by atoms with Gasteiger partial charge in [-0.3, -0.25) is 0 Å². The first-order valence-corrected chi connectivity index (χ1v) is 6.33. The van der Waals surface area contributed by atoms with Crippen molar-refractivity contribution >= 4 is 10.0 Å². The van der Waals surface area contributed by atoms with Crippen LogP contribution in [0.5, 0.6) is 0 Å². The molecule has 0 aromatic heterocycles. The fourth-order valence-corrected chi connectivity index (χ4v) is 2.36. The topological polar surface area (TPSA) is 106 Å². The zero-order valence-corrected chi connectivity index (χ0v) is 9.87. The lowest BCUT2D eigenvalue weighted by Crippen LogP contribution is -2.37. The summed E-state index contributed by atoms with van der Waals surface area (Å²) in [4.78, 5) is 0.0111. The van der Waals surface area contributed by atoms with Gasteiger partial charge in [-0.1, -0.05) is 25.1 Å². The Balaban J connectivity index is 3.46. The monoisotopic (exact) mass is 244 g/mol. The van der Waals surface area contributed by atoms with Crippen molar-refractivity contribution in [2.45, 2.75) is 17.2 Å². The minimum atomic E-state index is -3.80. The average molecular weight is 244 g/mol. The zero-order valence-electron chi connectivity index (χ0n) is 9.05. The SMILES string of the molecule is CC(CN)(CO)c1ccccc1S(N)(=O)=O. The van der Waals surface area contributed by atoms with Crippen LogP contribution < -0.4 is 10.9 Å². The van der Waals surface area contributed by atoms with Gasteiger partial charge < -0.3 is 10.8 Å². The molecule has 0 heterocycles. The van der Waals surface area contributed by atoms with Gasteiger partial charge in [-0.25, -0.2) is 13.6 Å². The predicted molar refractivity (Wildman–Crippen MR) is 61.3 cm³/mol. The van der Waals surface area contributed by atoms with Crippen LogP contribution in [-0.2, 0) is 15.4 Å². The highest BCUT2D eigenvalue weighted by Crippen LogP contribution is 2.27. The van der Waals surface area contributed by atoms with E-state index in [1.54, 1.807) is 25.1 Å². The normalized spacial score (nSPS) is 15.8. The van der Waals surface area contributed by atoms with Crippen molar-refractivity contribution in [1.29, 1.82) is 0 Å². The number of primary sulfonamides is 1. The number of nitrogens with two attached hydrogens (primary N) is 2. The van der Waals surface area contributed by atoms with E-state index in [4.69, 9.17) is 10.9 Å². The minimum Gasteiger partial charge on any atom is -0.395 e. The van der Waals surface area contributed by atoms with Gasteiger partial charge in [0.15, 0.2) is 0 Å². The summed E-state index contributed by atoms with van der Waals surface area (Å²) in [7, 11) is -3.80. The van der Waals surface area contributed by atoms with Crippen LogP contribution in [0.2, 0.25) is 0 Å².